The Balaban J connectivity index is 2.27. The minimum absolute atomic E-state index is 0.0370. The Morgan fingerprint density at radius 1 is 1.47 bits per heavy atom. The Bertz CT molecular complexity index is 524. The highest BCUT2D eigenvalue weighted by atomic mass is 16.7. The predicted octanol–water partition coefficient (Wildman–Crippen LogP) is 2.44. The molecule has 1 aliphatic rings. The zero-order valence-corrected chi connectivity index (χ0v) is 11.2. The molecule has 1 N–H and O–H groups in total. The monoisotopic (exact) mass is 263 g/mol. The molecule has 1 aromatic carbocycles. The standard InChI is InChI=1S/C14H17NO4/c1-9(2)18-12-7-5-4-6-10(12)11-8-14(3,13(16)17)19-15-11/h4-7,9H,8H2,1-3H3,(H,16,17). The SMILES string of the molecule is CC(C)Oc1ccccc1C1=NOC(C)(C(=O)O)C1. The van der Waals surface area contributed by atoms with Crippen LogP contribution in [0.2, 0.25) is 0 Å². The fourth-order valence-corrected chi connectivity index (χ4v) is 1.86. The van der Waals surface area contributed by atoms with E-state index in [1.165, 1.54) is 6.92 Å². The fraction of sp³-hybridized carbons (Fsp3) is 0.429. The van der Waals surface area contributed by atoms with E-state index in [1.807, 2.05) is 38.1 Å². The number of carboxylic acids is 1. The Morgan fingerprint density at radius 3 is 2.74 bits per heavy atom. The molecule has 0 bridgehead atoms. The van der Waals surface area contributed by atoms with Gasteiger partial charge in [0.1, 0.15) is 5.75 Å². The Labute approximate surface area is 111 Å². The van der Waals surface area contributed by atoms with Crippen LogP contribution in [0.4, 0.5) is 0 Å². The normalized spacial score (nSPS) is 22.0. The van der Waals surface area contributed by atoms with Crippen molar-refractivity contribution in [1.82, 2.24) is 0 Å². The molecule has 1 aromatic rings. The molecule has 0 spiro atoms. The minimum Gasteiger partial charge on any atom is -0.490 e. The summed E-state index contributed by atoms with van der Waals surface area (Å²) < 4.78 is 5.70. The molecule has 1 atom stereocenters. The van der Waals surface area contributed by atoms with E-state index in [-0.39, 0.29) is 12.5 Å². The number of carbonyl (C=O) groups is 1. The van der Waals surface area contributed by atoms with Crippen LogP contribution < -0.4 is 4.74 Å². The molecule has 1 aliphatic heterocycles. The number of oxime groups is 1. The summed E-state index contributed by atoms with van der Waals surface area (Å²) in [5, 5.41) is 13.0. The van der Waals surface area contributed by atoms with Crippen LogP contribution in [-0.4, -0.2) is 28.5 Å². The van der Waals surface area contributed by atoms with Crippen molar-refractivity contribution in [2.45, 2.75) is 38.9 Å². The Kier molecular flexibility index (Phi) is 3.46. The third-order valence-electron chi connectivity index (χ3n) is 2.88. The van der Waals surface area contributed by atoms with Gasteiger partial charge < -0.3 is 14.7 Å². The topological polar surface area (TPSA) is 68.1 Å². The van der Waals surface area contributed by atoms with Gasteiger partial charge in [-0.2, -0.15) is 0 Å². The molecule has 0 aliphatic carbocycles. The number of benzene rings is 1. The molecule has 1 heterocycles. The van der Waals surface area contributed by atoms with Gasteiger partial charge in [0.2, 0.25) is 5.60 Å². The molecule has 0 fully saturated rings. The fourth-order valence-electron chi connectivity index (χ4n) is 1.86. The molecule has 5 nitrogen and oxygen atoms in total. The smallest absolute Gasteiger partial charge is 0.351 e. The minimum atomic E-state index is -1.29. The van der Waals surface area contributed by atoms with E-state index >= 15 is 0 Å². The van der Waals surface area contributed by atoms with Gasteiger partial charge in [0.05, 0.1) is 11.8 Å². The summed E-state index contributed by atoms with van der Waals surface area (Å²) in [6.45, 7) is 5.38. The van der Waals surface area contributed by atoms with Crippen LogP contribution in [0.25, 0.3) is 0 Å². The summed E-state index contributed by atoms with van der Waals surface area (Å²) in [7, 11) is 0. The van der Waals surface area contributed by atoms with Crippen molar-refractivity contribution < 1.29 is 19.5 Å². The third kappa shape index (κ3) is 2.70. The van der Waals surface area contributed by atoms with E-state index < -0.39 is 11.6 Å². The summed E-state index contributed by atoms with van der Waals surface area (Å²) in [5.74, 6) is -0.331. The van der Waals surface area contributed by atoms with E-state index in [0.29, 0.717) is 11.5 Å². The van der Waals surface area contributed by atoms with Crippen molar-refractivity contribution in [3.8, 4) is 5.75 Å². The largest absolute Gasteiger partial charge is 0.490 e. The van der Waals surface area contributed by atoms with E-state index in [4.69, 9.17) is 14.7 Å². The molecule has 2 rings (SSSR count). The van der Waals surface area contributed by atoms with Crippen molar-refractivity contribution in [3.63, 3.8) is 0 Å². The second kappa shape index (κ2) is 4.91. The molecule has 0 radical (unpaired) electrons. The van der Waals surface area contributed by atoms with Crippen molar-refractivity contribution in [2.24, 2.45) is 5.16 Å². The first-order chi connectivity index (χ1) is 8.92. The number of carboxylic acid groups (broad SMARTS) is 1. The highest BCUT2D eigenvalue weighted by molar-refractivity contribution is 6.06. The van der Waals surface area contributed by atoms with Gasteiger partial charge >= 0.3 is 5.97 Å². The lowest BCUT2D eigenvalue weighted by Crippen LogP contribution is -2.35. The van der Waals surface area contributed by atoms with Crippen LogP contribution >= 0.6 is 0 Å². The maximum absolute atomic E-state index is 11.1. The van der Waals surface area contributed by atoms with Gasteiger partial charge in [-0.05, 0) is 32.9 Å². The molecule has 5 heteroatoms. The summed E-state index contributed by atoms with van der Waals surface area (Å²) in [6.07, 6.45) is 0.260. The zero-order valence-electron chi connectivity index (χ0n) is 11.2. The molecular weight excluding hydrogens is 246 g/mol. The quantitative estimate of drug-likeness (QED) is 0.906. The van der Waals surface area contributed by atoms with Crippen molar-refractivity contribution in [3.05, 3.63) is 29.8 Å². The van der Waals surface area contributed by atoms with Gasteiger partial charge in [-0.15, -0.1) is 0 Å². The predicted molar refractivity (Wildman–Crippen MR) is 70.5 cm³/mol. The van der Waals surface area contributed by atoms with Crippen LogP contribution in [0.5, 0.6) is 5.75 Å². The average Bonchev–Trinajstić information content (AvgIpc) is 2.73. The molecule has 0 amide bonds. The Morgan fingerprint density at radius 2 is 2.16 bits per heavy atom. The van der Waals surface area contributed by atoms with Gasteiger partial charge in [0.15, 0.2) is 0 Å². The number of para-hydroxylation sites is 1. The van der Waals surface area contributed by atoms with Crippen LogP contribution in [0.3, 0.4) is 0 Å². The summed E-state index contributed by atoms with van der Waals surface area (Å²) >= 11 is 0. The number of hydrogen-bond donors (Lipinski definition) is 1. The first kappa shape index (κ1) is 13.4. The van der Waals surface area contributed by atoms with Gasteiger partial charge in [-0.3, -0.25) is 0 Å². The molecule has 0 saturated heterocycles. The zero-order chi connectivity index (χ0) is 14.0. The molecule has 102 valence electrons. The van der Waals surface area contributed by atoms with Crippen molar-refractivity contribution >= 4 is 11.7 Å². The van der Waals surface area contributed by atoms with E-state index in [9.17, 15) is 4.79 Å². The molecule has 0 saturated carbocycles. The van der Waals surface area contributed by atoms with E-state index in [2.05, 4.69) is 5.16 Å². The molecule has 19 heavy (non-hydrogen) atoms. The lowest BCUT2D eigenvalue weighted by molar-refractivity contribution is -0.160. The highest BCUT2D eigenvalue weighted by Gasteiger charge is 2.42. The number of ether oxygens (including phenoxy) is 1. The Hall–Kier alpha value is -2.04. The first-order valence-corrected chi connectivity index (χ1v) is 6.17. The van der Waals surface area contributed by atoms with Gasteiger partial charge in [-0.25, -0.2) is 4.79 Å². The lowest BCUT2D eigenvalue weighted by Gasteiger charge is -2.16. The number of rotatable bonds is 4. The van der Waals surface area contributed by atoms with Crippen molar-refractivity contribution in [2.75, 3.05) is 0 Å². The molecular formula is C14H17NO4. The number of nitrogens with zero attached hydrogens (tertiary/aromatic N) is 1. The van der Waals surface area contributed by atoms with Gasteiger partial charge in [-0.1, -0.05) is 17.3 Å². The van der Waals surface area contributed by atoms with Crippen molar-refractivity contribution in [1.29, 1.82) is 0 Å². The second-order valence-corrected chi connectivity index (χ2v) is 5.00. The maximum Gasteiger partial charge on any atom is 0.351 e. The maximum atomic E-state index is 11.1. The van der Waals surface area contributed by atoms with Crippen LogP contribution in [0.15, 0.2) is 29.4 Å². The summed E-state index contributed by atoms with van der Waals surface area (Å²) in [5.41, 5.74) is 0.0858. The molecule has 1 unspecified atom stereocenters. The van der Waals surface area contributed by atoms with Crippen LogP contribution in [-0.2, 0) is 9.63 Å². The first-order valence-electron chi connectivity index (χ1n) is 6.17. The number of hydrogen-bond acceptors (Lipinski definition) is 4. The molecule has 0 aromatic heterocycles. The third-order valence-corrected chi connectivity index (χ3v) is 2.88. The van der Waals surface area contributed by atoms with Gasteiger partial charge in [0, 0.05) is 12.0 Å². The summed E-state index contributed by atoms with van der Waals surface area (Å²) in [4.78, 5) is 16.2. The second-order valence-electron chi connectivity index (χ2n) is 5.00. The number of aliphatic carboxylic acids is 1. The average molecular weight is 263 g/mol. The van der Waals surface area contributed by atoms with E-state index in [1.54, 1.807) is 0 Å². The summed E-state index contributed by atoms with van der Waals surface area (Å²) in [6, 6.07) is 7.43. The van der Waals surface area contributed by atoms with Crippen LogP contribution in [0.1, 0.15) is 32.8 Å². The lowest BCUT2D eigenvalue weighted by atomic mass is 9.96. The van der Waals surface area contributed by atoms with Gasteiger partial charge in [0.25, 0.3) is 0 Å². The van der Waals surface area contributed by atoms with E-state index in [0.717, 1.165) is 5.56 Å². The highest BCUT2D eigenvalue weighted by Crippen LogP contribution is 2.30. The van der Waals surface area contributed by atoms with Crippen LogP contribution in [0, 0.1) is 0 Å².